The Kier molecular flexibility index (Phi) is 4.04. The van der Waals surface area contributed by atoms with E-state index in [9.17, 15) is 0 Å². The Hall–Kier alpha value is -0.770. The summed E-state index contributed by atoms with van der Waals surface area (Å²) in [6.07, 6.45) is 10.9. The molecule has 0 radical (unpaired) electrons. The van der Waals surface area contributed by atoms with Gasteiger partial charge in [-0.05, 0) is 32.4 Å². The molecule has 4 heteroatoms. The smallest absolute Gasteiger partial charge is 0.147 e. The summed E-state index contributed by atoms with van der Waals surface area (Å²) >= 11 is 1.99. The molecule has 1 saturated carbocycles. The first-order valence-electron chi connectivity index (χ1n) is 5.86. The van der Waals surface area contributed by atoms with Gasteiger partial charge in [0.25, 0.3) is 0 Å². The van der Waals surface area contributed by atoms with Gasteiger partial charge in [0.2, 0.25) is 0 Å². The Balaban J connectivity index is 1.97. The van der Waals surface area contributed by atoms with E-state index >= 15 is 0 Å². The highest BCUT2D eigenvalue weighted by molar-refractivity contribution is 7.99. The monoisotopic (exact) mass is 237 g/mol. The molecule has 1 aromatic rings. The zero-order valence-electron chi connectivity index (χ0n) is 9.94. The van der Waals surface area contributed by atoms with Crippen LogP contribution in [0.15, 0.2) is 12.4 Å². The minimum atomic E-state index is 0.571. The number of nitrogens with zero attached hydrogens (tertiary/aromatic N) is 2. The van der Waals surface area contributed by atoms with Gasteiger partial charge in [-0.1, -0.05) is 6.42 Å². The lowest BCUT2D eigenvalue weighted by Gasteiger charge is -2.29. The van der Waals surface area contributed by atoms with E-state index in [1.54, 1.807) is 12.4 Å². The molecule has 16 heavy (non-hydrogen) atoms. The van der Waals surface area contributed by atoms with E-state index in [1.165, 1.54) is 25.7 Å². The average Bonchev–Trinajstić information content (AvgIpc) is 2.32. The van der Waals surface area contributed by atoms with Crippen LogP contribution >= 0.6 is 11.8 Å². The number of thioether (sulfide) groups is 1. The summed E-state index contributed by atoms with van der Waals surface area (Å²) in [7, 11) is 0. The van der Waals surface area contributed by atoms with Crippen LogP contribution < -0.4 is 5.32 Å². The zero-order valence-corrected chi connectivity index (χ0v) is 10.8. The summed E-state index contributed by atoms with van der Waals surface area (Å²) in [5.74, 6) is 0.953. The maximum absolute atomic E-state index is 4.34. The van der Waals surface area contributed by atoms with Gasteiger partial charge in [-0.15, -0.1) is 0 Å². The standard InChI is InChI=1S/C12H19N3S/c1-9-12(14-7-6-13-9)15-10-4-3-5-11(8-10)16-2/h6-7,10-11H,3-5,8H2,1-2H3,(H,14,15). The third kappa shape index (κ3) is 2.88. The maximum atomic E-state index is 4.34. The Labute approximate surface area is 101 Å². The topological polar surface area (TPSA) is 37.8 Å². The molecule has 1 heterocycles. The predicted molar refractivity (Wildman–Crippen MR) is 70.0 cm³/mol. The van der Waals surface area contributed by atoms with Crippen molar-refractivity contribution in [2.45, 2.75) is 43.9 Å². The Morgan fingerprint density at radius 1 is 1.31 bits per heavy atom. The summed E-state index contributed by atoms with van der Waals surface area (Å²) in [6.45, 7) is 2.00. The number of nitrogens with one attached hydrogen (secondary N) is 1. The number of aromatic nitrogens is 2. The van der Waals surface area contributed by atoms with E-state index in [0.29, 0.717) is 6.04 Å². The van der Waals surface area contributed by atoms with Gasteiger partial charge < -0.3 is 5.32 Å². The quantitative estimate of drug-likeness (QED) is 0.877. The minimum Gasteiger partial charge on any atom is -0.366 e. The molecule has 0 saturated heterocycles. The van der Waals surface area contributed by atoms with Crippen LogP contribution in [-0.4, -0.2) is 27.5 Å². The second kappa shape index (κ2) is 5.53. The molecule has 1 aliphatic rings. The molecular weight excluding hydrogens is 218 g/mol. The van der Waals surface area contributed by atoms with Crippen molar-refractivity contribution in [3.05, 3.63) is 18.1 Å². The Morgan fingerprint density at radius 3 is 2.88 bits per heavy atom. The van der Waals surface area contributed by atoms with E-state index in [4.69, 9.17) is 0 Å². The summed E-state index contributed by atoms with van der Waals surface area (Å²) in [6, 6.07) is 0.571. The van der Waals surface area contributed by atoms with Gasteiger partial charge in [0.15, 0.2) is 0 Å². The van der Waals surface area contributed by atoms with Gasteiger partial charge >= 0.3 is 0 Å². The van der Waals surface area contributed by atoms with E-state index in [-0.39, 0.29) is 0 Å². The van der Waals surface area contributed by atoms with Crippen LogP contribution in [0, 0.1) is 6.92 Å². The molecule has 0 spiro atoms. The van der Waals surface area contributed by atoms with Crippen LogP contribution in [0.3, 0.4) is 0 Å². The first-order valence-corrected chi connectivity index (χ1v) is 7.15. The fourth-order valence-electron chi connectivity index (χ4n) is 2.23. The lowest BCUT2D eigenvalue weighted by Crippen LogP contribution is -2.29. The molecule has 88 valence electrons. The van der Waals surface area contributed by atoms with Crippen molar-refractivity contribution in [1.82, 2.24) is 9.97 Å². The molecule has 0 aliphatic heterocycles. The largest absolute Gasteiger partial charge is 0.366 e. The third-order valence-electron chi connectivity index (χ3n) is 3.18. The molecule has 0 aromatic carbocycles. The number of hydrogen-bond acceptors (Lipinski definition) is 4. The molecule has 0 amide bonds. The van der Waals surface area contributed by atoms with Crippen molar-refractivity contribution in [2.75, 3.05) is 11.6 Å². The second-order valence-corrected chi connectivity index (χ2v) is 5.49. The molecule has 1 aromatic heterocycles. The number of anilines is 1. The van der Waals surface area contributed by atoms with Gasteiger partial charge in [-0.25, -0.2) is 4.98 Å². The molecule has 2 unspecified atom stereocenters. The number of rotatable bonds is 3. The van der Waals surface area contributed by atoms with Gasteiger partial charge in [0.1, 0.15) is 5.82 Å². The molecular formula is C12H19N3S. The summed E-state index contributed by atoms with van der Waals surface area (Å²) in [4.78, 5) is 8.60. The number of hydrogen-bond donors (Lipinski definition) is 1. The first kappa shape index (κ1) is 11.7. The van der Waals surface area contributed by atoms with Gasteiger partial charge in [-0.3, -0.25) is 4.98 Å². The average molecular weight is 237 g/mol. The fourth-order valence-corrected chi connectivity index (χ4v) is 3.06. The SMILES string of the molecule is CSC1CCCC(Nc2nccnc2C)C1. The van der Waals surface area contributed by atoms with Crippen molar-refractivity contribution < 1.29 is 0 Å². The molecule has 2 rings (SSSR count). The molecule has 3 nitrogen and oxygen atoms in total. The van der Waals surface area contributed by atoms with Crippen LogP contribution in [0.25, 0.3) is 0 Å². The van der Waals surface area contributed by atoms with Gasteiger partial charge in [0.05, 0.1) is 5.69 Å². The molecule has 1 N–H and O–H groups in total. The fraction of sp³-hybridized carbons (Fsp3) is 0.667. The summed E-state index contributed by atoms with van der Waals surface area (Å²) in [5, 5.41) is 4.34. The van der Waals surface area contributed by atoms with Crippen LogP contribution in [0.4, 0.5) is 5.82 Å². The molecule has 0 bridgehead atoms. The summed E-state index contributed by atoms with van der Waals surface area (Å²) in [5.41, 5.74) is 0.994. The summed E-state index contributed by atoms with van der Waals surface area (Å²) < 4.78 is 0. The molecule has 2 atom stereocenters. The number of aryl methyl sites for hydroxylation is 1. The molecule has 1 aliphatic carbocycles. The lowest BCUT2D eigenvalue weighted by molar-refractivity contribution is 0.472. The van der Waals surface area contributed by atoms with Crippen molar-refractivity contribution >= 4 is 17.6 Å². The highest BCUT2D eigenvalue weighted by Crippen LogP contribution is 2.28. The van der Waals surface area contributed by atoms with Crippen LogP contribution in [0.5, 0.6) is 0 Å². The minimum absolute atomic E-state index is 0.571. The van der Waals surface area contributed by atoms with Crippen molar-refractivity contribution in [3.8, 4) is 0 Å². The maximum Gasteiger partial charge on any atom is 0.147 e. The van der Waals surface area contributed by atoms with Crippen LogP contribution in [0.2, 0.25) is 0 Å². The van der Waals surface area contributed by atoms with Crippen molar-refractivity contribution in [2.24, 2.45) is 0 Å². The Bertz CT molecular complexity index is 343. The lowest BCUT2D eigenvalue weighted by atomic mass is 9.95. The van der Waals surface area contributed by atoms with Gasteiger partial charge in [-0.2, -0.15) is 11.8 Å². The highest BCUT2D eigenvalue weighted by Gasteiger charge is 2.21. The van der Waals surface area contributed by atoms with Crippen LogP contribution in [-0.2, 0) is 0 Å². The predicted octanol–water partition coefficient (Wildman–Crippen LogP) is 2.87. The first-order chi connectivity index (χ1) is 7.79. The van der Waals surface area contributed by atoms with E-state index in [0.717, 1.165) is 16.8 Å². The van der Waals surface area contributed by atoms with Gasteiger partial charge in [0, 0.05) is 23.7 Å². The Morgan fingerprint density at radius 2 is 2.12 bits per heavy atom. The van der Waals surface area contributed by atoms with Crippen LogP contribution in [0.1, 0.15) is 31.4 Å². The van der Waals surface area contributed by atoms with E-state index < -0.39 is 0 Å². The third-order valence-corrected chi connectivity index (χ3v) is 4.28. The van der Waals surface area contributed by atoms with Crippen molar-refractivity contribution in [1.29, 1.82) is 0 Å². The highest BCUT2D eigenvalue weighted by atomic mass is 32.2. The van der Waals surface area contributed by atoms with E-state index in [2.05, 4.69) is 21.5 Å². The van der Waals surface area contributed by atoms with Crippen molar-refractivity contribution in [3.63, 3.8) is 0 Å². The van der Waals surface area contributed by atoms with E-state index in [1.807, 2.05) is 18.7 Å². The normalized spacial score (nSPS) is 25.4. The molecule has 1 fully saturated rings. The second-order valence-electron chi connectivity index (χ2n) is 4.36. The zero-order chi connectivity index (χ0) is 11.4.